The highest BCUT2D eigenvalue weighted by molar-refractivity contribution is 7.86. The van der Waals surface area contributed by atoms with Gasteiger partial charge in [0.05, 0.1) is 10.5 Å². The maximum absolute atomic E-state index is 12.1. The van der Waals surface area contributed by atoms with Crippen LogP contribution in [0.4, 0.5) is 0 Å². The summed E-state index contributed by atoms with van der Waals surface area (Å²) in [5, 5.41) is 9.91. The Morgan fingerprint density at radius 1 is 1.06 bits per heavy atom. The van der Waals surface area contributed by atoms with Crippen LogP contribution in [-0.4, -0.2) is 24.7 Å². The van der Waals surface area contributed by atoms with Crippen LogP contribution in [0.15, 0.2) is 29.2 Å². The zero-order valence-corrected chi connectivity index (χ0v) is 12.2. The molecular weight excluding hydrogens is 252 g/mol. The van der Waals surface area contributed by atoms with E-state index in [-0.39, 0.29) is 4.90 Å². The van der Waals surface area contributed by atoms with Gasteiger partial charge in [-0.3, -0.25) is 4.18 Å². The minimum absolute atomic E-state index is 0.0884. The molecule has 0 atom stereocenters. The molecule has 102 valence electrons. The lowest BCUT2D eigenvalue weighted by atomic mass is 9.90. The minimum atomic E-state index is -3.88. The lowest BCUT2D eigenvalue weighted by Gasteiger charge is -2.35. The number of aliphatic hydroxyl groups is 1. The number of benzene rings is 1. The van der Waals surface area contributed by atoms with E-state index >= 15 is 0 Å². The average molecular weight is 272 g/mol. The molecule has 0 heterocycles. The summed E-state index contributed by atoms with van der Waals surface area (Å²) in [5.41, 5.74) is -1.52. The molecule has 0 unspecified atom stereocenters. The molecule has 0 aromatic heterocycles. The molecule has 0 bridgehead atoms. The molecular formula is C13H20O4S. The van der Waals surface area contributed by atoms with E-state index in [0.29, 0.717) is 0 Å². The van der Waals surface area contributed by atoms with Gasteiger partial charge in [0.25, 0.3) is 10.1 Å². The Kier molecular flexibility index (Phi) is 3.91. The second-order valence-corrected chi connectivity index (χ2v) is 6.97. The minimum Gasteiger partial charge on any atom is -0.387 e. The van der Waals surface area contributed by atoms with Crippen LogP contribution in [0.1, 0.15) is 33.3 Å². The van der Waals surface area contributed by atoms with E-state index in [1.54, 1.807) is 26.0 Å². The van der Waals surface area contributed by atoms with E-state index in [1.807, 2.05) is 6.92 Å². The first-order valence-electron chi connectivity index (χ1n) is 5.70. The molecule has 0 amide bonds. The highest BCUT2D eigenvalue weighted by Gasteiger charge is 2.40. The first kappa shape index (κ1) is 15.1. The molecule has 0 saturated carbocycles. The maximum atomic E-state index is 12.1. The van der Waals surface area contributed by atoms with E-state index in [4.69, 9.17) is 4.18 Å². The molecule has 18 heavy (non-hydrogen) atoms. The van der Waals surface area contributed by atoms with Crippen LogP contribution in [0, 0.1) is 6.92 Å². The lowest BCUT2D eigenvalue weighted by molar-refractivity contribution is -0.0875. The molecule has 0 aliphatic rings. The Bertz CT molecular complexity index is 507. The molecule has 1 N–H and O–H groups in total. The lowest BCUT2D eigenvalue weighted by Crippen LogP contribution is -2.48. The highest BCUT2D eigenvalue weighted by atomic mass is 32.2. The van der Waals surface area contributed by atoms with Gasteiger partial charge in [0, 0.05) is 0 Å². The van der Waals surface area contributed by atoms with Gasteiger partial charge in [0.15, 0.2) is 0 Å². The fourth-order valence-electron chi connectivity index (χ4n) is 1.13. The van der Waals surface area contributed by atoms with E-state index < -0.39 is 21.3 Å². The molecule has 0 radical (unpaired) electrons. The first-order chi connectivity index (χ1) is 7.96. The molecule has 1 aromatic carbocycles. The van der Waals surface area contributed by atoms with Crippen molar-refractivity contribution in [2.24, 2.45) is 0 Å². The summed E-state index contributed by atoms with van der Waals surface area (Å²) >= 11 is 0. The average Bonchev–Trinajstić information content (AvgIpc) is 2.14. The van der Waals surface area contributed by atoms with Crippen molar-refractivity contribution in [3.8, 4) is 0 Å². The number of hydrogen-bond acceptors (Lipinski definition) is 4. The topological polar surface area (TPSA) is 63.6 Å². The molecule has 0 aliphatic carbocycles. The number of hydrogen-bond donors (Lipinski definition) is 1. The van der Waals surface area contributed by atoms with Gasteiger partial charge < -0.3 is 5.11 Å². The van der Waals surface area contributed by atoms with E-state index in [1.165, 1.54) is 26.0 Å². The van der Waals surface area contributed by atoms with Gasteiger partial charge in [-0.05, 0) is 46.8 Å². The summed E-state index contributed by atoms with van der Waals surface area (Å²) in [6.07, 6.45) is 0. The fraction of sp³-hybridized carbons (Fsp3) is 0.538. The molecule has 0 fully saturated rings. The van der Waals surface area contributed by atoms with Gasteiger partial charge in [-0.1, -0.05) is 17.7 Å². The summed E-state index contributed by atoms with van der Waals surface area (Å²) in [6, 6.07) is 6.39. The molecule has 4 nitrogen and oxygen atoms in total. The van der Waals surface area contributed by atoms with Crippen molar-refractivity contribution in [1.82, 2.24) is 0 Å². The Balaban J connectivity index is 3.07. The standard InChI is InChI=1S/C13H20O4S/c1-10-6-8-11(9-7-10)18(15,16)17-13(4,5)12(2,3)14/h6-9,14H,1-5H3. The Hall–Kier alpha value is -0.910. The van der Waals surface area contributed by atoms with Gasteiger partial charge in [-0.25, -0.2) is 0 Å². The van der Waals surface area contributed by atoms with Gasteiger partial charge in [0.1, 0.15) is 5.60 Å². The third-order valence-corrected chi connectivity index (χ3v) is 4.59. The normalized spacial score (nSPS) is 13.7. The van der Waals surface area contributed by atoms with Crippen molar-refractivity contribution in [1.29, 1.82) is 0 Å². The van der Waals surface area contributed by atoms with E-state index in [0.717, 1.165) is 5.56 Å². The summed E-state index contributed by atoms with van der Waals surface area (Å²) in [4.78, 5) is 0.0884. The Labute approximate surface area is 109 Å². The predicted octanol–water partition coefficient (Wildman–Crippen LogP) is 2.25. The molecule has 1 aromatic rings. The summed E-state index contributed by atoms with van der Waals surface area (Å²) in [7, 11) is -3.88. The highest BCUT2D eigenvalue weighted by Crippen LogP contribution is 2.29. The second-order valence-electron chi connectivity index (χ2n) is 5.42. The van der Waals surface area contributed by atoms with Gasteiger partial charge in [0.2, 0.25) is 0 Å². The fourth-order valence-corrected chi connectivity index (χ4v) is 2.45. The second kappa shape index (κ2) is 4.64. The quantitative estimate of drug-likeness (QED) is 0.854. The van der Waals surface area contributed by atoms with Crippen molar-refractivity contribution >= 4 is 10.1 Å². The summed E-state index contributed by atoms with van der Waals surface area (Å²) < 4.78 is 29.3. The third-order valence-electron chi connectivity index (χ3n) is 3.10. The zero-order chi connectivity index (χ0) is 14.2. The van der Waals surface area contributed by atoms with Crippen molar-refractivity contribution in [3.63, 3.8) is 0 Å². The van der Waals surface area contributed by atoms with Crippen LogP contribution >= 0.6 is 0 Å². The predicted molar refractivity (Wildman–Crippen MR) is 69.8 cm³/mol. The molecule has 5 heteroatoms. The van der Waals surface area contributed by atoms with Crippen LogP contribution in [0.2, 0.25) is 0 Å². The number of aryl methyl sites for hydroxylation is 1. The maximum Gasteiger partial charge on any atom is 0.297 e. The van der Waals surface area contributed by atoms with Crippen LogP contribution in [0.25, 0.3) is 0 Å². The van der Waals surface area contributed by atoms with Crippen LogP contribution in [-0.2, 0) is 14.3 Å². The summed E-state index contributed by atoms with van der Waals surface area (Å²) in [5.74, 6) is 0. The smallest absolute Gasteiger partial charge is 0.297 e. The van der Waals surface area contributed by atoms with Crippen molar-refractivity contribution in [2.45, 2.75) is 50.7 Å². The van der Waals surface area contributed by atoms with Gasteiger partial charge in [-0.15, -0.1) is 0 Å². The zero-order valence-electron chi connectivity index (χ0n) is 11.4. The van der Waals surface area contributed by atoms with Crippen molar-refractivity contribution in [3.05, 3.63) is 29.8 Å². The monoisotopic (exact) mass is 272 g/mol. The molecule has 1 rings (SSSR count). The van der Waals surface area contributed by atoms with Crippen LogP contribution in [0.3, 0.4) is 0 Å². The number of rotatable bonds is 4. The van der Waals surface area contributed by atoms with Crippen LogP contribution in [0.5, 0.6) is 0 Å². The van der Waals surface area contributed by atoms with Crippen molar-refractivity contribution in [2.75, 3.05) is 0 Å². The van der Waals surface area contributed by atoms with E-state index in [9.17, 15) is 13.5 Å². The van der Waals surface area contributed by atoms with Crippen LogP contribution < -0.4 is 0 Å². The third kappa shape index (κ3) is 3.31. The van der Waals surface area contributed by atoms with Gasteiger partial charge >= 0.3 is 0 Å². The van der Waals surface area contributed by atoms with E-state index in [2.05, 4.69) is 0 Å². The SMILES string of the molecule is Cc1ccc(S(=O)(=O)OC(C)(C)C(C)(C)O)cc1. The summed E-state index contributed by atoms with van der Waals surface area (Å²) in [6.45, 7) is 7.98. The molecule has 0 spiro atoms. The van der Waals surface area contributed by atoms with Crippen molar-refractivity contribution < 1.29 is 17.7 Å². The van der Waals surface area contributed by atoms with Gasteiger partial charge in [-0.2, -0.15) is 8.42 Å². The molecule has 0 aliphatic heterocycles. The largest absolute Gasteiger partial charge is 0.387 e. The first-order valence-corrected chi connectivity index (χ1v) is 7.11. The Morgan fingerprint density at radius 3 is 1.89 bits per heavy atom. The Morgan fingerprint density at radius 2 is 1.50 bits per heavy atom. The molecule has 0 saturated heterocycles.